The van der Waals surface area contributed by atoms with Crippen molar-refractivity contribution in [1.29, 1.82) is 0 Å². The third-order valence-corrected chi connectivity index (χ3v) is 4.63. The van der Waals surface area contributed by atoms with Crippen molar-refractivity contribution in [2.75, 3.05) is 0 Å². The zero-order valence-corrected chi connectivity index (χ0v) is 11.0. The highest BCUT2D eigenvalue weighted by atomic mass is 16.2. The fourth-order valence-corrected chi connectivity index (χ4v) is 3.05. The van der Waals surface area contributed by atoms with Gasteiger partial charge < -0.3 is 11.1 Å². The molecule has 0 aromatic carbocycles. The smallest absolute Gasteiger partial charge is 0.224 e. The van der Waals surface area contributed by atoms with Gasteiger partial charge in [-0.1, -0.05) is 25.7 Å². The van der Waals surface area contributed by atoms with Crippen LogP contribution in [0.2, 0.25) is 0 Å². The van der Waals surface area contributed by atoms with E-state index in [-0.39, 0.29) is 17.9 Å². The van der Waals surface area contributed by atoms with E-state index in [1.807, 2.05) is 0 Å². The maximum Gasteiger partial charge on any atom is 0.224 e. The van der Waals surface area contributed by atoms with Crippen LogP contribution in [0, 0.1) is 11.8 Å². The number of carbonyl (C=O) groups excluding carboxylic acids is 1. The highest BCUT2D eigenvalue weighted by molar-refractivity contribution is 5.79. The van der Waals surface area contributed by atoms with E-state index >= 15 is 0 Å². The van der Waals surface area contributed by atoms with Gasteiger partial charge in [0.2, 0.25) is 5.91 Å². The van der Waals surface area contributed by atoms with Gasteiger partial charge in [-0.25, -0.2) is 0 Å². The summed E-state index contributed by atoms with van der Waals surface area (Å²) in [7, 11) is 0. The zero-order chi connectivity index (χ0) is 12.3. The minimum Gasteiger partial charge on any atom is -0.353 e. The van der Waals surface area contributed by atoms with Crippen LogP contribution in [-0.4, -0.2) is 18.0 Å². The Balaban J connectivity index is 1.84. The summed E-state index contributed by atoms with van der Waals surface area (Å²) in [6.07, 6.45) is 9.44. The minimum absolute atomic E-state index is 0.0556. The van der Waals surface area contributed by atoms with Crippen molar-refractivity contribution >= 4 is 5.91 Å². The molecule has 98 valence electrons. The Labute approximate surface area is 105 Å². The Hall–Kier alpha value is -0.570. The minimum atomic E-state index is 0.0556. The van der Waals surface area contributed by atoms with Crippen molar-refractivity contribution in [2.45, 2.75) is 70.4 Å². The van der Waals surface area contributed by atoms with Gasteiger partial charge in [0.15, 0.2) is 0 Å². The van der Waals surface area contributed by atoms with Crippen LogP contribution in [0.3, 0.4) is 0 Å². The molecule has 2 fully saturated rings. The second-order valence-corrected chi connectivity index (χ2v) is 5.90. The first kappa shape index (κ1) is 12.9. The van der Waals surface area contributed by atoms with Gasteiger partial charge in [-0.2, -0.15) is 0 Å². The van der Waals surface area contributed by atoms with Gasteiger partial charge >= 0.3 is 0 Å². The zero-order valence-electron chi connectivity index (χ0n) is 11.0. The molecule has 3 heteroatoms. The average molecular weight is 238 g/mol. The Morgan fingerprint density at radius 2 is 1.82 bits per heavy atom. The van der Waals surface area contributed by atoms with Crippen molar-refractivity contribution in [3.63, 3.8) is 0 Å². The predicted molar refractivity (Wildman–Crippen MR) is 69.5 cm³/mol. The third-order valence-electron chi connectivity index (χ3n) is 4.63. The number of nitrogens with two attached hydrogens (primary N) is 1. The number of nitrogens with one attached hydrogen (secondary N) is 1. The number of hydrogen-bond donors (Lipinski definition) is 2. The lowest BCUT2D eigenvalue weighted by Gasteiger charge is -2.33. The molecule has 0 saturated heterocycles. The van der Waals surface area contributed by atoms with Crippen molar-refractivity contribution in [3.8, 4) is 0 Å². The molecule has 0 radical (unpaired) electrons. The fraction of sp³-hybridized carbons (Fsp3) is 0.929. The molecule has 3 nitrogen and oxygen atoms in total. The standard InChI is InChI=1S/C14H26N2O/c1-10(11-6-5-7-11)16-14(17)12-8-3-2-4-9-13(12)15/h10-13H,2-9,15H2,1H3,(H,16,17). The molecule has 0 spiro atoms. The maximum atomic E-state index is 12.2. The second kappa shape index (κ2) is 5.85. The van der Waals surface area contributed by atoms with Crippen molar-refractivity contribution in [1.82, 2.24) is 5.32 Å². The molecule has 0 aromatic rings. The molecule has 2 aliphatic carbocycles. The van der Waals surface area contributed by atoms with E-state index < -0.39 is 0 Å². The number of hydrogen-bond acceptors (Lipinski definition) is 2. The van der Waals surface area contributed by atoms with Gasteiger partial charge in [-0.3, -0.25) is 4.79 Å². The highest BCUT2D eigenvalue weighted by Gasteiger charge is 2.30. The van der Waals surface area contributed by atoms with E-state index in [2.05, 4.69) is 12.2 Å². The summed E-state index contributed by atoms with van der Waals surface area (Å²) in [4.78, 5) is 12.2. The first-order valence-electron chi connectivity index (χ1n) is 7.24. The molecule has 2 saturated carbocycles. The fourth-order valence-electron chi connectivity index (χ4n) is 3.05. The molecule has 3 atom stereocenters. The molecule has 2 rings (SSSR count). The highest BCUT2D eigenvalue weighted by Crippen LogP contribution is 2.30. The molecule has 1 amide bonds. The van der Waals surface area contributed by atoms with Crippen LogP contribution in [-0.2, 0) is 4.79 Å². The van der Waals surface area contributed by atoms with Gasteiger partial charge in [-0.05, 0) is 38.5 Å². The molecular weight excluding hydrogens is 212 g/mol. The summed E-state index contributed by atoms with van der Waals surface area (Å²) in [5.74, 6) is 0.972. The first-order valence-corrected chi connectivity index (χ1v) is 7.24. The van der Waals surface area contributed by atoms with E-state index in [1.165, 1.54) is 32.1 Å². The number of carbonyl (C=O) groups is 1. The lowest BCUT2D eigenvalue weighted by Crippen LogP contribution is -2.47. The lowest BCUT2D eigenvalue weighted by molar-refractivity contribution is -0.127. The SMILES string of the molecule is CC(NC(=O)C1CCCCCC1N)C1CCC1. The lowest BCUT2D eigenvalue weighted by atomic mass is 9.80. The molecule has 0 heterocycles. The van der Waals surface area contributed by atoms with E-state index in [4.69, 9.17) is 5.73 Å². The number of amides is 1. The van der Waals surface area contributed by atoms with E-state index in [0.717, 1.165) is 19.3 Å². The van der Waals surface area contributed by atoms with Crippen LogP contribution in [0.25, 0.3) is 0 Å². The molecular formula is C14H26N2O. The second-order valence-electron chi connectivity index (χ2n) is 5.90. The Bertz CT molecular complexity index is 263. The summed E-state index contributed by atoms with van der Waals surface area (Å²) < 4.78 is 0. The maximum absolute atomic E-state index is 12.2. The summed E-state index contributed by atoms with van der Waals surface area (Å²) in [6.45, 7) is 2.14. The van der Waals surface area contributed by atoms with Gasteiger partial charge in [0.05, 0.1) is 5.92 Å². The largest absolute Gasteiger partial charge is 0.353 e. The summed E-state index contributed by atoms with van der Waals surface area (Å²) in [6, 6.07) is 0.415. The van der Waals surface area contributed by atoms with E-state index in [1.54, 1.807) is 0 Å². The molecule has 17 heavy (non-hydrogen) atoms. The molecule has 3 unspecified atom stereocenters. The van der Waals surface area contributed by atoms with Gasteiger partial charge in [0, 0.05) is 12.1 Å². The predicted octanol–water partition coefficient (Wildman–Crippen LogP) is 2.20. The van der Waals surface area contributed by atoms with Crippen LogP contribution in [0.4, 0.5) is 0 Å². The normalized spacial score (nSPS) is 32.4. The van der Waals surface area contributed by atoms with Crippen molar-refractivity contribution in [2.24, 2.45) is 17.6 Å². The van der Waals surface area contributed by atoms with Gasteiger partial charge in [0.1, 0.15) is 0 Å². The average Bonchev–Trinajstić information content (AvgIpc) is 2.39. The van der Waals surface area contributed by atoms with Crippen LogP contribution in [0.15, 0.2) is 0 Å². The summed E-state index contributed by atoms with van der Waals surface area (Å²) >= 11 is 0. The Morgan fingerprint density at radius 3 is 2.47 bits per heavy atom. The number of rotatable bonds is 3. The summed E-state index contributed by atoms with van der Waals surface area (Å²) in [5.41, 5.74) is 6.12. The molecule has 0 aromatic heterocycles. The third kappa shape index (κ3) is 3.21. The van der Waals surface area contributed by atoms with E-state index in [9.17, 15) is 4.79 Å². The molecule has 2 aliphatic rings. The van der Waals surface area contributed by atoms with Crippen molar-refractivity contribution in [3.05, 3.63) is 0 Å². The molecule has 3 N–H and O–H groups in total. The Morgan fingerprint density at radius 1 is 1.12 bits per heavy atom. The Kier molecular flexibility index (Phi) is 4.43. The van der Waals surface area contributed by atoms with Crippen molar-refractivity contribution < 1.29 is 4.79 Å². The summed E-state index contributed by atoms with van der Waals surface area (Å²) in [5, 5.41) is 3.19. The van der Waals surface area contributed by atoms with Crippen LogP contribution in [0.5, 0.6) is 0 Å². The topological polar surface area (TPSA) is 55.1 Å². The van der Waals surface area contributed by atoms with Gasteiger partial charge in [0.25, 0.3) is 0 Å². The van der Waals surface area contributed by atoms with E-state index in [0.29, 0.717) is 12.0 Å². The quantitative estimate of drug-likeness (QED) is 0.741. The molecule has 0 aliphatic heterocycles. The first-order chi connectivity index (χ1) is 8.18. The monoisotopic (exact) mass is 238 g/mol. The van der Waals surface area contributed by atoms with Gasteiger partial charge in [-0.15, -0.1) is 0 Å². The molecule has 0 bridgehead atoms. The van der Waals surface area contributed by atoms with Crippen LogP contribution >= 0.6 is 0 Å². The van der Waals surface area contributed by atoms with Crippen LogP contribution in [0.1, 0.15) is 58.3 Å². The van der Waals surface area contributed by atoms with Crippen LogP contribution < -0.4 is 11.1 Å².